The van der Waals surface area contributed by atoms with Crippen LogP contribution in [0.4, 0.5) is 5.69 Å². The Balaban J connectivity index is 1.78. The summed E-state index contributed by atoms with van der Waals surface area (Å²) in [5.74, 6) is -0.0309. The third-order valence-corrected chi connectivity index (χ3v) is 4.04. The van der Waals surface area contributed by atoms with E-state index in [2.05, 4.69) is 10.5 Å². The van der Waals surface area contributed by atoms with E-state index in [1.807, 2.05) is 17.5 Å². The Morgan fingerprint density at radius 2 is 2.09 bits per heavy atom. The molecular formula is C15H11N3O4S. The van der Waals surface area contributed by atoms with Gasteiger partial charge in [-0.3, -0.25) is 14.9 Å². The molecule has 0 aliphatic carbocycles. The number of amides is 1. The van der Waals surface area contributed by atoms with E-state index < -0.39 is 4.92 Å². The van der Waals surface area contributed by atoms with Gasteiger partial charge < -0.3 is 9.84 Å². The summed E-state index contributed by atoms with van der Waals surface area (Å²) in [5, 5.41) is 19.1. The summed E-state index contributed by atoms with van der Waals surface area (Å²) in [7, 11) is 0. The van der Waals surface area contributed by atoms with Crippen LogP contribution in [0.1, 0.15) is 15.2 Å². The van der Waals surface area contributed by atoms with E-state index >= 15 is 0 Å². The number of nitro benzene ring substituents is 1. The molecule has 0 fully saturated rings. The molecule has 0 aliphatic heterocycles. The maximum Gasteiger partial charge on any atom is 0.269 e. The fraction of sp³-hybridized carbons (Fsp3) is 0.0667. The van der Waals surface area contributed by atoms with Crippen LogP contribution < -0.4 is 5.32 Å². The highest BCUT2D eigenvalue weighted by atomic mass is 32.1. The van der Waals surface area contributed by atoms with Crippen LogP contribution in [0, 0.1) is 10.1 Å². The monoisotopic (exact) mass is 329 g/mol. The average molecular weight is 329 g/mol. The molecule has 2 aromatic heterocycles. The molecule has 0 aliphatic rings. The first kappa shape index (κ1) is 14.9. The lowest BCUT2D eigenvalue weighted by Gasteiger charge is -2.03. The molecule has 2 heterocycles. The quantitative estimate of drug-likeness (QED) is 0.572. The SMILES string of the molecule is O=C(NCc1cccs1)c1cnoc1-c1ccc([N+](=O)[O-])cc1. The van der Waals surface area contributed by atoms with Crippen LogP contribution in [0.15, 0.2) is 52.5 Å². The molecule has 0 saturated heterocycles. The second-order valence-electron chi connectivity index (χ2n) is 4.63. The molecule has 8 heteroatoms. The van der Waals surface area contributed by atoms with E-state index in [9.17, 15) is 14.9 Å². The van der Waals surface area contributed by atoms with Gasteiger partial charge in [0.2, 0.25) is 0 Å². The van der Waals surface area contributed by atoms with Crippen molar-refractivity contribution in [2.75, 3.05) is 0 Å². The van der Waals surface area contributed by atoms with Crippen LogP contribution >= 0.6 is 11.3 Å². The van der Waals surface area contributed by atoms with E-state index in [4.69, 9.17) is 4.52 Å². The maximum absolute atomic E-state index is 12.3. The first-order valence-electron chi connectivity index (χ1n) is 6.65. The van der Waals surface area contributed by atoms with Gasteiger partial charge in [0.05, 0.1) is 17.7 Å². The minimum atomic E-state index is -0.487. The molecule has 0 unspecified atom stereocenters. The molecule has 0 atom stereocenters. The zero-order valence-corrected chi connectivity index (χ0v) is 12.6. The molecule has 1 aromatic carbocycles. The van der Waals surface area contributed by atoms with E-state index in [0.29, 0.717) is 12.1 Å². The number of rotatable bonds is 5. The number of carbonyl (C=O) groups is 1. The molecule has 116 valence electrons. The molecule has 3 rings (SSSR count). The van der Waals surface area contributed by atoms with Gasteiger partial charge in [-0.2, -0.15) is 0 Å². The number of nitrogens with zero attached hydrogens (tertiary/aromatic N) is 2. The largest absolute Gasteiger partial charge is 0.355 e. The number of thiophene rings is 1. The average Bonchev–Trinajstić information content (AvgIpc) is 3.24. The minimum Gasteiger partial charge on any atom is -0.355 e. The van der Waals surface area contributed by atoms with Crippen molar-refractivity contribution in [1.29, 1.82) is 0 Å². The molecule has 0 spiro atoms. The fourth-order valence-corrected chi connectivity index (χ4v) is 2.66. The second-order valence-corrected chi connectivity index (χ2v) is 5.67. The summed E-state index contributed by atoms with van der Waals surface area (Å²) in [5.41, 5.74) is 0.807. The molecule has 3 aromatic rings. The molecule has 23 heavy (non-hydrogen) atoms. The zero-order chi connectivity index (χ0) is 16.2. The molecule has 1 N–H and O–H groups in total. The Labute approximate surface area is 134 Å². The van der Waals surface area contributed by atoms with E-state index in [-0.39, 0.29) is 22.9 Å². The number of hydrogen-bond acceptors (Lipinski definition) is 6. The van der Waals surface area contributed by atoms with Gasteiger partial charge in [-0.05, 0) is 23.6 Å². The normalized spacial score (nSPS) is 10.4. The van der Waals surface area contributed by atoms with Crippen molar-refractivity contribution in [3.05, 3.63) is 68.5 Å². The summed E-state index contributed by atoms with van der Waals surface area (Å²) in [6, 6.07) is 9.59. The second kappa shape index (κ2) is 6.41. The van der Waals surface area contributed by atoms with Gasteiger partial charge in [0, 0.05) is 22.6 Å². The van der Waals surface area contributed by atoms with Crippen LogP contribution in [0.2, 0.25) is 0 Å². The Hall–Kier alpha value is -3.00. The Morgan fingerprint density at radius 3 is 2.74 bits per heavy atom. The molecule has 1 amide bonds. The third-order valence-electron chi connectivity index (χ3n) is 3.16. The van der Waals surface area contributed by atoms with Gasteiger partial charge in [0.15, 0.2) is 5.76 Å². The number of nitro groups is 1. The number of aromatic nitrogens is 1. The van der Waals surface area contributed by atoms with Gasteiger partial charge in [0.1, 0.15) is 5.56 Å². The van der Waals surface area contributed by atoms with Gasteiger partial charge in [-0.1, -0.05) is 11.2 Å². The van der Waals surface area contributed by atoms with E-state index in [1.54, 1.807) is 11.3 Å². The third kappa shape index (κ3) is 3.27. The number of carbonyl (C=O) groups excluding carboxylic acids is 1. The highest BCUT2D eigenvalue weighted by Gasteiger charge is 2.18. The van der Waals surface area contributed by atoms with Crippen LogP contribution in [0.3, 0.4) is 0 Å². The molecule has 0 saturated carbocycles. The van der Waals surface area contributed by atoms with Crippen molar-refractivity contribution in [2.45, 2.75) is 6.54 Å². The lowest BCUT2D eigenvalue weighted by molar-refractivity contribution is -0.384. The first-order valence-corrected chi connectivity index (χ1v) is 7.53. The van der Waals surface area contributed by atoms with Crippen molar-refractivity contribution in [3.63, 3.8) is 0 Å². The van der Waals surface area contributed by atoms with Gasteiger partial charge in [0.25, 0.3) is 11.6 Å². The Bertz CT molecular complexity index is 825. The van der Waals surface area contributed by atoms with Crippen molar-refractivity contribution in [1.82, 2.24) is 10.5 Å². The maximum atomic E-state index is 12.3. The van der Waals surface area contributed by atoms with Crippen LogP contribution in [0.5, 0.6) is 0 Å². The van der Waals surface area contributed by atoms with Gasteiger partial charge in [-0.25, -0.2) is 0 Å². The number of nitrogens with one attached hydrogen (secondary N) is 1. The minimum absolute atomic E-state index is 0.0306. The van der Waals surface area contributed by atoms with Crippen LogP contribution in [0.25, 0.3) is 11.3 Å². The fourth-order valence-electron chi connectivity index (χ4n) is 2.02. The van der Waals surface area contributed by atoms with Crippen molar-refractivity contribution < 1.29 is 14.2 Å². The molecule has 7 nitrogen and oxygen atoms in total. The first-order chi connectivity index (χ1) is 11.1. The summed E-state index contributed by atoms with van der Waals surface area (Å²) in [6.45, 7) is 0.418. The predicted octanol–water partition coefficient (Wildman–Crippen LogP) is 3.24. The van der Waals surface area contributed by atoms with Crippen molar-refractivity contribution in [3.8, 4) is 11.3 Å². The summed E-state index contributed by atoms with van der Waals surface area (Å²) in [4.78, 5) is 23.5. The van der Waals surface area contributed by atoms with E-state index in [1.165, 1.54) is 30.5 Å². The Morgan fingerprint density at radius 1 is 1.30 bits per heavy atom. The predicted molar refractivity (Wildman–Crippen MR) is 84.1 cm³/mol. The van der Waals surface area contributed by atoms with Gasteiger partial charge in [-0.15, -0.1) is 11.3 Å². The molecule has 0 radical (unpaired) electrons. The van der Waals surface area contributed by atoms with Crippen molar-refractivity contribution in [2.24, 2.45) is 0 Å². The van der Waals surface area contributed by atoms with Crippen LogP contribution in [-0.4, -0.2) is 16.0 Å². The van der Waals surface area contributed by atoms with Crippen LogP contribution in [-0.2, 0) is 6.54 Å². The Kier molecular flexibility index (Phi) is 4.15. The lowest BCUT2D eigenvalue weighted by atomic mass is 10.1. The smallest absolute Gasteiger partial charge is 0.269 e. The molecule has 0 bridgehead atoms. The summed E-state index contributed by atoms with van der Waals surface area (Å²) < 4.78 is 5.13. The zero-order valence-electron chi connectivity index (χ0n) is 11.8. The number of hydrogen-bond donors (Lipinski definition) is 1. The lowest BCUT2D eigenvalue weighted by Crippen LogP contribution is -2.22. The summed E-state index contributed by atoms with van der Waals surface area (Å²) in [6.07, 6.45) is 1.33. The molecular weight excluding hydrogens is 318 g/mol. The summed E-state index contributed by atoms with van der Waals surface area (Å²) >= 11 is 1.55. The standard InChI is InChI=1S/C15H11N3O4S/c19-15(16-8-12-2-1-7-23-12)13-9-17-22-14(13)10-3-5-11(6-4-10)18(20)21/h1-7,9H,8H2,(H,16,19). The highest BCUT2D eigenvalue weighted by Crippen LogP contribution is 2.25. The van der Waals surface area contributed by atoms with Gasteiger partial charge >= 0.3 is 0 Å². The van der Waals surface area contributed by atoms with Crippen molar-refractivity contribution >= 4 is 22.9 Å². The number of non-ortho nitro benzene ring substituents is 1. The topological polar surface area (TPSA) is 98.3 Å². The van der Waals surface area contributed by atoms with E-state index in [0.717, 1.165) is 4.88 Å². The highest BCUT2D eigenvalue weighted by molar-refractivity contribution is 7.09. The number of benzene rings is 1.